The normalized spacial score (nSPS) is 15.3. The molecule has 0 heterocycles. The lowest BCUT2D eigenvalue weighted by Crippen LogP contribution is -2.28. The molecular weight excluding hydrogens is 344 g/mol. The lowest BCUT2D eigenvalue weighted by Gasteiger charge is -2.29. The lowest BCUT2D eigenvalue weighted by atomic mass is 9.75. The molecule has 2 nitrogen and oxygen atoms in total. The first-order valence-electron chi connectivity index (χ1n) is 11.0. The second kappa shape index (κ2) is 13.3. The van der Waals surface area contributed by atoms with Crippen LogP contribution in [0.25, 0.3) is 0 Å². The molecule has 1 atom stereocenters. The highest BCUT2D eigenvalue weighted by Crippen LogP contribution is 2.33. The van der Waals surface area contributed by atoms with Gasteiger partial charge in [-0.3, -0.25) is 9.59 Å². The molecule has 1 aromatic rings. The maximum absolute atomic E-state index is 12.0. The van der Waals surface area contributed by atoms with Gasteiger partial charge in [0.1, 0.15) is 5.78 Å². The number of hydrogen-bond acceptors (Lipinski definition) is 2. The van der Waals surface area contributed by atoms with Crippen molar-refractivity contribution < 1.29 is 12.4 Å². The van der Waals surface area contributed by atoms with Crippen molar-refractivity contribution in [2.24, 2.45) is 17.8 Å². The Balaban J connectivity index is 0. The van der Waals surface area contributed by atoms with Gasteiger partial charge in [0.15, 0.2) is 0 Å². The van der Waals surface area contributed by atoms with Crippen molar-refractivity contribution >= 4 is 11.6 Å². The van der Waals surface area contributed by atoms with Crippen LogP contribution in [0.4, 0.5) is 0 Å². The summed E-state index contributed by atoms with van der Waals surface area (Å²) in [6, 6.07) is 8.35. The van der Waals surface area contributed by atoms with Gasteiger partial charge in [-0.05, 0) is 56.4 Å². The molecule has 2 heteroatoms. The van der Waals surface area contributed by atoms with Gasteiger partial charge < -0.3 is 0 Å². The van der Waals surface area contributed by atoms with E-state index in [2.05, 4.69) is 44.0 Å². The molecular formula is C26H41O2. The van der Waals surface area contributed by atoms with E-state index >= 15 is 0 Å². The van der Waals surface area contributed by atoms with Gasteiger partial charge in [-0.25, -0.2) is 0 Å². The van der Waals surface area contributed by atoms with Crippen LogP contribution in [-0.4, -0.2) is 11.6 Å². The predicted octanol–water partition coefficient (Wildman–Crippen LogP) is 6.70. The van der Waals surface area contributed by atoms with Crippen LogP contribution in [0.3, 0.4) is 0 Å². The molecule has 0 aliphatic heterocycles. The Kier molecular flexibility index (Phi) is 11.5. The topological polar surface area (TPSA) is 34.1 Å². The minimum atomic E-state index is -0.0999. The van der Waals surface area contributed by atoms with E-state index in [1.807, 2.05) is 13.8 Å². The molecule has 1 aliphatic carbocycles. The largest absolute Gasteiger partial charge is 0.299 e. The van der Waals surface area contributed by atoms with Crippen LogP contribution in [-0.2, 0) is 16.0 Å². The van der Waals surface area contributed by atoms with Gasteiger partial charge in [0.05, 0.1) is 0 Å². The van der Waals surface area contributed by atoms with Gasteiger partial charge in [-0.2, -0.15) is 0 Å². The maximum atomic E-state index is 12.0. The third kappa shape index (κ3) is 8.87. The zero-order valence-corrected chi connectivity index (χ0v) is 18.3. The second-order valence-electron chi connectivity index (χ2n) is 8.38. The van der Waals surface area contributed by atoms with Crippen molar-refractivity contribution in [3.63, 3.8) is 0 Å². The highest BCUT2D eigenvalue weighted by molar-refractivity contribution is 5.94. The van der Waals surface area contributed by atoms with Crippen LogP contribution < -0.4 is 0 Å². The number of benzene rings is 1. The molecule has 1 saturated carbocycles. The van der Waals surface area contributed by atoms with E-state index in [9.17, 15) is 9.59 Å². The first-order chi connectivity index (χ1) is 13.4. The fourth-order valence-electron chi connectivity index (χ4n) is 4.01. The van der Waals surface area contributed by atoms with Gasteiger partial charge in [0, 0.05) is 21.1 Å². The van der Waals surface area contributed by atoms with Crippen molar-refractivity contribution in [2.45, 2.75) is 85.5 Å². The summed E-state index contributed by atoms with van der Waals surface area (Å²) in [6.07, 6.45) is 14.9. The van der Waals surface area contributed by atoms with Gasteiger partial charge in [0.2, 0.25) is 5.78 Å². The summed E-state index contributed by atoms with van der Waals surface area (Å²) in [6.45, 7) is 8.30. The molecule has 1 aromatic carbocycles. The summed E-state index contributed by atoms with van der Waals surface area (Å²) in [7, 11) is 0. The Bertz CT molecular complexity index is 638. The molecule has 0 bridgehead atoms. The molecule has 1 radical (unpaired) electrons. The molecule has 0 spiro atoms. The quantitative estimate of drug-likeness (QED) is 0.369. The van der Waals surface area contributed by atoms with E-state index in [4.69, 9.17) is 6.42 Å². The molecule has 2 rings (SSSR count). The summed E-state index contributed by atoms with van der Waals surface area (Å²) in [5, 5.41) is 0. The molecule has 157 valence electrons. The average Bonchev–Trinajstić information content (AvgIpc) is 2.71. The number of terminal acetylenes is 1. The van der Waals surface area contributed by atoms with Crippen LogP contribution in [0.15, 0.2) is 24.3 Å². The molecule has 0 amide bonds. The molecule has 0 aromatic heterocycles. The van der Waals surface area contributed by atoms with E-state index in [1.165, 1.54) is 43.2 Å². The molecule has 1 aliphatic rings. The smallest absolute Gasteiger partial charge is 0.205 e. The van der Waals surface area contributed by atoms with Crippen LogP contribution >= 0.6 is 0 Å². The summed E-state index contributed by atoms with van der Waals surface area (Å²) in [4.78, 5) is 22.8. The van der Waals surface area contributed by atoms with E-state index < -0.39 is 0 Å². The number of ketones is 2. The number of aryl methyl sites for hydroxylation is 2. The van der Waals surface area contributed by atoms with Crippen LogP contribution in [0.5, 0.6) is 0 Å². The van der Waals surface area contributed by atoms with Crippen molar-refractivity contribution in [2.75, 3.05) is 0 Å². The van der Waals surface area contributed by atoms with Crippen LogP contribution in [0.1, 0.15) is 86.1 Å². The zero-order chi connectivity index (χ0) is 20.9. The fraction of sp³-hybridized carbons (Fsp3) is 0.615. The highest BCUT2D eigenvalue weighted by atomic mass is 16.1. The van der Waals surface area contributed by atoms with Gasteiger partial charge >= 0.3 is 0 Å². The third-order valence-corrected chi connectivity index (χ3v) is 5.74. The first-order valence-corrected chi connectivity index (χ1v) is 11.0. The Morgan fingerprint density at radius 1 is 1.18 bits per heavy atom. The minimum absolute atomic E-state index is 0. The number of carbonyl (C=O) groups is 2. The van der Waals surface area contributed by atoms with E-state index in [0.717, 1.165) is 19.3 Å². The number of rotatable bonds is 8. The summed E-state index contributed by atoms with van der Waals surface area (Å²) in [5.41, 5.74) is 2.52. The minimum Gasteiger partial charge on any atom is -0.299 e. The lowest BCUT2D eigenvalue weighted by molar-refractivity contribution is -0.128. The van der Waals surface area contributed by atoms with Crippen molar-refractivity contribution in [1.29, 1.82) is 0 Å². The Labute approximate surface area is 175 Å². The first kappa shape index (κ1) is 24.2. The Hall–Kier alpha value is -1.88. The number of Topliss-reactive ketones (excluding diaryl/α,β-unsaturated/α-hetero) is 2. The van der Waals surface area contributed by atoms with E-state index in [-0.39, 0.29) is 14.6 Å². The monoisotopic (exact) mass is 385 g/mol. The standard InChI is InChI=1S/C13H24O.C13H14O.H2.H/c1-4-12(13(14)10(2)3)11-8-6-5-7-9-11;1-3-13(14)6-4-5-12-9-7-11(2)8-10-12;;/h10-12H,4-9H2,1-3H3;1,7-10H,4-6H2,2H3;1H;. The molecule has 1 fully saturated rings. The van der Waals surface area contributed by atoms with E-state index in [0.29, 0.717) is 24.0 Å². The van der Waals surface area contributed by atoms with Crippen molar-refractivity contribution in [1.82, 2.24) is 0 Å². The van der Waals surface area contributed by atoms with Crippen LogP contribution in [0, 0.1) is 37.0 Å². The third-order valence-electron chi connectivity index (χ3n) is 5.74. The Morgan fingerprint density at radius 3 is 2.29 bits per heavy atom. The van der Waals surface area contributed by atoms with Crippen LogP contribution in [0.2, 0.25) is 0 Å². The van der Waals surface area contributed by atoms with E-state index in [1.54, 1.807) is 0 Å². The molecule has 0 saturated heterocycles. The summed E-state index contributed by atoms with van der Waals surface area (Å²) in [5.74, 6) is 3.80. The summed E-state index contributed by atoms with van der Waals surface area (Å²) >= 11 is 0. The predicted molar refractivity (Wildman–Crippen MR) is 121 cm³/mol. The van der Waals surface area contributed by atoms with Gasteiger partial charge in [-0.15, -0.1) is 6.42 Å². The Morgan fingerprint density at radius 2 is 1.79 bits per heavy atom. The van der Waals surface area contributed by atoms with Crippen molar-refractivity contribution in [3.05, 3.63) is 35.4 Å². The molecule has 0 N–H and O–H groups in total. The highest BCUT2D eigenvalue weighted by Gasteiger charge is 2.28. The SMILES string of the molecule is C#CC(=O)CCCc1ccc(C)cc1.CCC(C(=O)C(C)C)C1CCCCC1.[HH].[H]. The maximum Gasteiger partial charge on any atom is 0.205 e. The van der Waals surface area contributed by atoms with Gasteiger partial charge in [-0.1, -0.05) is 69.9 Å². The zero-order valence-electron chi connectivity index (χ0n) is 19.3. The fourth-order valence-corrected chi connectivity index (χ4v) is 4.01. The summed E-state index contributed by atoms with van der Waals surface area (Å²) < 4.78 is 0. The number of hydrogen-bond donors (Lipinski definition) is 0. The van der Waals surface area contributed by atoms with Crippen molar-refractivity contribution in [3.8, 4) is 12.3 Å². The second-order valence-corrected chi connectivity index (χ2v) is 8.38. The number of carbonyl (C=O) groups excluding carboxylic acids is 2. The average molecular weight is 386 g/mol. The molecule has 1 unspecified atom stereocenters. The van der Waals surface area contributed by atoms with Gasteiger partial charge in [0.25, 0.3) is 0 Å². The molecule has 28 heavy (non-hydrogen) atoms.